The number of likely N-dealkylation sites (tertiary alicyclic amines) is 1. The van der Waals surface area contributed by atoms with Crippen molar-refractivity contribution < 1.29 is 23.4 Å². The molecule has 1 atom stereocenters. The Hall–Kier alpha value is -3.75. The molecule has 0 saturated carbocycles. The highest BCUT2D eigenvalue weighted by atomic mass is 16.7. The van der Waals surface area contributed by atoms with E-state index in [1.54, 1.807) is 7.11 Å². The largest absolute Gasteiger partial charge is 0.497 e. The Bertz CT molecular complexity index is 1100. The molecule has 9 nitrogen and oxygen atoms in total. The summed E-state index contributed by atoms with van der Waals surface area (Å²) in [5.74, 6) is 3.14. The number of benzene rings is 2. The van der Waals surface area contributed by atoms with Gasteiger partial charge in [0.05, 0.1) is 13.0 Å². The number of ether oxygens (including phenoxy) is 3. The normalized spacial score (nSPS) is 17.3. The van der Waals surface area contributed by atoms with E-state index in [0.717, 1.165) is 29.7 Å². The lowest BCUT2D eigenvalue weighted by atomic mass is 9.98. The fraction of sp³-hybridized carbons (Fsp3) is 0.348. The van der Waals surface area contributed by atoms with Crippen molar-refractivity contribution in [2.24, 2.45) is 0 Å². The molecule has 32 heavy (non-hydrogen) atoms. The molecule has 0 unspecified atom stereocenters. The second kappa shape index (κ2) is 8.78. The first-order valence-electron chi connectivity index (χ1n) is 10.6. The van der Waals surface area contributed by atoms with Gasteiger partial charge in [0, 0.05) is 25.2 Å². The molecule has 3 aromatic rings. The van der Waals surface area contributed by atoms with Crippen LogP contribution < -0.4 is 19.5 Å². The van der Waals surface area contributed by atoms with Gasteiger partial charge in [-0.15, -0.1) is 10.2 Å². The highest BCUT2D eigenvalue weighted by molar-refractivity contribution is 5.74. The molecule has 2 aromatic carbocycles. The zero-order valence-electron chi connectivity index (χ0n) is 17.7. The smallest absolute Gasteiger partial charge is 0.317 e. The Kier molecular flexibility index (Phi) is 5.53. The van der Waals surface area contributed by atoms with Crippen molar-refractivity contribution in [2.45, 2.75) is 25.3 Å². The van der Waals surface area contributed by atoms with E-state index in [-0.39, 0.29) is 18.7 Å². The number of nitrogens with one attached hydrogen (secondary N) is 1. The van der Waals surface area contributed by atoms with Crippen LogP contribution in [0.2, 0.25) is 0 Å². The van der Waals surface area contributed by atoms with E-state index in [1.807, 2.05) is 47.4 Å². The van der Waals surface area contributed by atoms with E-state index < -0.39 is 0 Å². The molecule has 0 aliphatic carbocycles. The number of urea groups is 1. The minimum Gasteiger partial charge on any atom is -0.497 e. The Morgan fingerprint density at radius 1 is 1.16 bits per heavy atom. The fourth-order valence-electron chi connectivity index (χ4n) is 3.94. The molecule has 2 aliphatic rings. The van der Waals surface area contributed by atoms with Gasteiger partial charge in [0.1, 0.15) is 5.75 Å². The van der Waals surface area contributed by atoms with Gasteiger partial charge in [-0.2, -0.15) is 0 Å². The molecule has 1 fully saturated rings. The van der Waals surface area contributed by atoms with Crippen molar-refractivity contribution >= 4 is 6.03 Å². The summed E-state index contributed by atoms with van der Waals surface area (Å²) in [5, 5.41) is 11.4. The molecule has 5 rings (SSSR count). The second-order valence-electron chi connectivity index (χ2n) is 7.81. The van der Waals surface area contributed by atoms with Gasteiger partial charge < -0.3 is 28.8 Å². The summed E-state index contributed by atoms with van der Waals surface area (Å²) >= 11 is 0. The maximum Gasteiger partial charge on any atom is 0.317 e. The first-order chi connectivity index (χ1) is 15.7. The minimum absolute atomic E-state index is 0.00532. The molecule has 3 heterocycles. The first-order valence-corrected chi connectivity index (χ1v) is 10.6. The number of fused-ring (bicyclic) bond motifs is 1. The molecule has 2 amide bonds. The van der Waals surface area contributed by atoms with Crippen LogP contribution >= 0.6 is 0 Å². The Morgan fingerprint density at radius 3 is 2.84 bits per heavy atom. The van der Waals surface area contributed by atoms with Gasteiger partial charge in [-0.3, -0.25) is 0 Å². The van der Waals surface area contributed by atoms with Crippen LogP contribution in [0.3, 0.4) is 0 Å². The summed E-state index contributed by atoms with van der Waals surface area (Å²) in [6.07, 6.45) is 1.77. The molecule has 0 spiro atoms. The molecule has 1 aromatic heterocycles. The number of methoxy groups -OCH3 is 1. The Balaban J connectivity index is 1.20. The van der Waals surface area contributed by atoms with Crippen molar-refractivity contribution in [1.82, 2.24) is 20.4 Å². The standard InChI is InChI=1S/C23H24N4O5/c1-29-18-7-4-15(5-8-18)12-24-23(28)27-10-2-3-17(13-27)22-26-25-21(32-22)16-6-9-19-20(11-16)31-14-30-19/h4-9,11,17H,2-3,10,12-14H2,1H3,(H,24,28)/t17-/m0/s1. The van der Waals surface area contributed by atoms with E-state index in [2.05, 4.69) is 15.5 Å². The predicted molar refractivity (Wildman–Crippen MR) is 115 cm³/mol. The number of hydrogen-bond acceptors (Lipinski definition) is 7. The summed E-state index contributed by atoms with van der Waals surface area (Å²) in [7, 11) is 1.63. The van der Waals surface area contributed by atoms with Crippen LogP contribution in [0.15, 0.2) is 46.9 Å². The predicted octanol–water partition coefficient (Wildman–Crippen LogP) is 3.56. The number of aromatic nitrogens is 2. The van der Waals surface area contributed by atoms with Crippen molar-refractivity contribution in [3.05, 3.63) is 53.9 Å². The molecule has 1 N–H and O–H groups in total. The number of amides is 2. The lowest BCUT2D eigenvalue weighted by molar-refractivity contribution is 0.173. The molecule has 1 saturated heterocycles. The van der Waals surface area contributed by atoms with E-state index in [1.165, 1.54) is 0 Å². The number of piperidine rings is 1. The molecule has 166 valence electrons. The van der Waals surface area contributed by atoms with E-state index in [0.29, 0.717) is 42.9 Å². The van der Waals surface area contributed by atoms with Gasteiger partial charge in [-0.1, -0.05) is 12.1 Å². The second-order valence-corrected chi connectivity index (χ2v) is 7.81. The molecule has 0 radical (unpaired) electrons. The summed E-state index contributed by atoms with van der Waals surface area (Å²) in [4.78, 5) is 14.5. The van der Waals surface area contributed by atoms with Gasteiger partial charge >= 0.3 is 6.03 Å². The third-order valence-electron chi connectivity index (χ3n) is 5.72. The van der Waals surface area contributed by atoms with Gasteiger partial charge in [-0.25, -0.2) is 4.79 Å². The molecular weight excluding hydrogens is 412 g/mol. The SMILES string of the molecule is COc1ccc(CNC(=O)N2CCC[C@H](c3nnc(-c4ccc5c(c4)OCO5)o3)C2)cc1. The van der Waals surface area contributed by atoms with Crippen molar-refractivity contribution in [1.29, 1.82) is 0 Å². The molecule has 9 heteroatoms. The lowest BCUT2D eigenvalue weighted by Gasteiger charge is -2.31. The number of carbonyl (C=O) groups is 1. The highest BCUT2D eigenvalue weighted by Crippen LogP contribution is 2.36. The maximum atomic E-state index is 12.7. The number of carbonyl (C=O) groups excluding carboxylic acids is 1. The molecule has 2 aliphatic heterocycles. The summed E-state index contributed by atoms with van der Waals surface area (Å²) in [6.45, 7) is 1.91. The highest BCUT2D eigenvalue weighted by Gasteiger charge is 2.29. The molecule has 0 bridgehead atoms. The number of hydrogen-bond donors (Lipinski definition) is 1. The van der Waals surface area contributed by atoms with Gasteiger partial charge in [-0.05, 0) is 48.7 Å². The zero-order chi connectivity index (χ0) is 21.9. The van der Waals surface area contributed by atoms with Gasteiger partial charge in [0.25, 0.3) is 0 Å². The zero-order valence-corrected chi connectivity index (χ0v) is 17.7. The van der Waals surface area contributed by atoms with Crippen LogP contribution in [0.5, 0.6) is 17.2 Å². The Morgan fingerprint density at radius 2 is 2.00 bits per heavy atom. The van der Waals surface area contributed by atoms with E-state index >= 15 is 0 Å². The van der Waals surface area contributed by atoms with Crippen LogP contribution in [0.25, 0.3) is 11.5 Å². The average molecular weight is 436 g/mol. The third-order valence-corrected chi connectivity index (χ3v) is 5.72. The summed E-state index contributed by atoms with van der Waals surface area (Å²) in [5.41, 5.74) is 1.79. The monoisotopic (exact) mass is 436 g/mol. The lowest BCUT2D eigenvalue weighted by Crippen LogP contribution is -2.44. The Labute approximate surface area is 185 Å². The summed E-state index contributed by atoms with van der Waals surface area (Å²) in [6, 6.07) is 13.1. The van der Waals surface area contributed by atoms with Crippen molar-refractivity contribution in [3.8, 4) is 28.7 Å². The van der Waals surface area contributed by atoms with Crippen LogP contribution in [-0.4, -0.2) is 48.1 Å². The van der Waals surface area contributed by atoms with Gasteiger partial charge in [0.2, 0.25) is 18.6 Å². The van der Waals surface area contributed by atoms with Gasteiger partial charge in [0.15, 0.2) is 11.5 Å². The first kappa shape index (κ1) is 20.2. The molecular formula is C23H24N4O5. The number of rotatable bonds is 5. The topological polar surface area (TPSA) is 99.0 Å². The third kappa shape index (κ3) is 4.18. The van der Waals surface area contributed by atoms with E-state index in [9.17, 15) is 4.79 Å². The quantitative estimate of drug-likeness (QED) is 0.653. The maximum absolute atomic E-state index is 12.7. The van der Waals surface area contributed by atoms with Crippen LogP contribution in [0.1, 0.15) is 30.2 Å². The fourth-order valence-corrected chi connectivity index (χ4v) is 3.94. The van der Waals surface area contributed by atoms with Crippen LogP contribution in [-0.2, 0) is 6.54 Å². The number of nitrogens with zero attached hydrogens (tertiary/aromatic N) is 3. The van der Waals surface area contributed by atoms with Crippen molar-refractivity contribution in [3.63, 3.8) is 0 Å². The van der Waals surface area contributed by atoms with Crippen LogP contribution in [0, 0.1) is 0 Å². The summed E-state index contributed by atoms with van der Waals surface area (Å²) < 4.78 is 21.9. The average Bonchev–Trinajstić information content (AvgIpc) is 3.52. The van der Waals surface area contributed by atoms with Crippen molar-refractivity contribution in [2.75, 3.05) is 27.0 Å². The minimum atomic E-state index is -0.0963. The van der Waals surface area contributed by atoms with Crippen LogP contribution in [0.4, 0.5) is 4.79 Å². The van der Waals surface area contributed by atoms with E-state index in [4.69, 9.17) is 18.6 Å².